The molecule has 0 amide bonds. The standard InChI is InChI=1S/C16H26N2O/c1-11(2)19-15-7-5-6-14(16(15)17)18-9-8-12(3)10-13(18)4/h5-7,11-13H,8-10,17H2,1-4H3. The van der Waals surface area contributed by atoms with Crippen LogP contribution in [0.15, 0.2) is 18.2 Å². The Hall–Kier alpha value is -1.38. The molecule has 1 aliphatic rings. The molecule has 106 valence electrons. The van der Waals surface area contributed by atoms with Gasteiger partial charge in [-0.05, 0) is 51.7 Å². The van der Waals surface area contributed by atoms with Crippen molar-refractivity contribution in [2.75, 3.05) is 17.2 Å². The number of nitrogens with two attached hydrogens (primary N) is 1. The average molecular weight is 262 g/mol. The third-order valence-corrected chi connectivity index (χ3v) is 3.85. The molecule has 1 saturated heterocycles. The Bertz CT molecular complexity index is 431. The number of nitrogen functional groups attached to an aromatic ring is 1. The molecule has 1 heterocycles. The first-order valence-corrected chi connectivity index (χ1v) is 7.30. The van der Waals surface area contributed by atoms with Gasteiger partial charge in [0.25, 0.3) is 0 Å². The average Bonchev–Trinajstić information content (AvgIpc) is 2.32. The molecule has 0 bridgehead atoms. The maximum absolute atomic E-state index is 6.29. The van der Waals surface area contributed by atoms with Gasteiger partial charge in [-0.2, -0.15) is 0 Å². The van der Waals surface area contributed by atoms with Gasteiger partial charge in [0.2, 0.25) is 0 Å². The highest BCUT2D eigenvalue weighted by atomic mass is 16.5. The van der Waals surface area contributed by atoms with Crippen molar-refractivity contribution in [1.29, 1.82) is 0 Å². The Morgan fingerprint density at radius 3 is 2.68 bits per heavy atom. The van der Waals surface area contributed by atoms with Crippen LogP contribution in [0.2, 0.25) is 0 Å². The maximum atomic E-state index is 6.29. The molecule has 1 aliphatic heterocycles. The highest BCUT2D eigenvalue weighted by Crippen LogP contribution is 2.36. The number of anilines is 2. The highest BCUT2D eigenvalue weighted by molar-refractivity contribution is 5.74. The predicted molar refractivity (Wildman–Crippen MR) is 81.8 cm³/mol. The largest absolute Gasteiger partial charge is 0.489 e. The fourth-order valence-electron chi connectivity index (χ4n) is 2.90. The van der Waals surface area contributed by atoms with E-state index in [9.17, 15) is 0 Å². The van der Waals surface area contributed by atoms with E-state index in [1.807, 2.05) is 26.0 Å². The summed E-state index contributed by atoms with van der Waals surface area (Å²) in [6, 6.07) is 6.64. The third kappa shape index (κ3) is 3.14. The molecule has 0 saturated carbocycles. The first-order chi connectivity index (χ1) is 8.99. The Morgan fingerprint density at radius 2 is 2.05 bits per heavy atom. The number of ether oxygens (including phenoxy) is 1. The quantitative estimate of drug-likeness (QED) is 0.844. The number of rotatable bonds is 3. The van der Waals surface area contributed by atoms with Gasteiger partial charge in [0.15, 0.2) is 0 Å². The van der Waals surface area contributed by atoms with Crippen LogP contribution in [-0.4, -0.2) is 18.7 Å². The van der Waals surface area contributed by atoms with Gasteiger partial charge < -0.3 is 15.4 Å². The molecule has 3 nitrogen and oxygen atoms in total. The van der Waals surface area contributed by atoms with Gasteiger partial charge >= 0.3 is 0 Å². The van der Waals surface area contributed by atoms with E-state index < -0.39 is 0 Å². The predicted octanol–water partition coefficient (Wildman–Crippen LogP) is 3.68. The molecule has 0 radical (unpaired) electrons. The van der Waals surface area contributed by atoms with Crippen LogP contribution in [-0.2, 0) is 0 Å². The molecule has 2 rings (SSSR count). The van der Waals surface area contributed by atoms with Crippen molar-refractivity contribution in [2.45, 2.75) is 52.7 Å². The molecular weight excluding hydrogens is 236 g/mol. The van der Waals surface area contributed by atoms with Crippen molar-refractivity contribution < 1.29 is 4.74 Å². The maximum Gasteiger partial charge on any atom is 0.144 e. The summed E-state index contributed by atoms with van der Waals surface area (Å²) in [5.74, 6) is 1.61. The zero-order valence-corrected chi connectivity index (χ0v) is 12.5. The van der Waals surface area contributed by atoms with Crippen molar-refractivity contribution in [1.82, 2.24) is 0 Å². The van der Waals surface area contributed by atoms with Crippen molar-refractivity contribution in [2.24, 2.45) is 5.92 Å². The van der Waals surface area contributed by atoms with E-state index in [4.69, 9.17) is 10.5 Å². The first kappa shape index (κ1) is 14.0. The van der Waals surface area contributed by atoms with E-state index in [1.165, 1.54) is 12.8 Å². The lowest BCUT2D eigenvalue weighted by Crippen LogP contribution is -2.40. The minimum Gasteiger partial charge on any atom is -0.489 e. The van der Waals surface area contributed by atoms with Crippen LogP contribution in [0.3, 0.4) is 0 Å². The van der Waals surface area contributed by atoms with E-state index in [1.54, 1.807) is 0 Å². The van der Waals surface area contributed by atoms with Gasteiger partial charge in [-0.1, -0.05) is 13.0 Å². The zero-order chi connectivity index (χ0) is 14.0. The third-order valence-electron chi connectivity index (χ3n) is 3.85. The minimum atomic E-state index is 0.149. The van der Waals surface area contributed by atoms with Crippen LogP contribution >= 0.6 is 0 Å². The Labute approximate surface area is 116 Å². The molecule has 1 aromatic rings. The lowest BCUT2D eigenvalue weighted by atomic mass is 9.93. The van der Waals surface area contributed by atoms with Gasteiger partial charge in [-0.25, -0.2) is 0 Å². The highest BCUT2D eigenvalue weighted by Gasteiger charge is 2.25. The van der Waals surface area contributed by atoms with Gasteiger partial charge in [0.05, 0.1) is 17.5 Å². The monoisotopic (exact) mass is 262 g/mol. The van der Waals surface area contributed by atoms with E-state index in [-0.39, 0.29) is 6.10 Å². The SMILES string of the molecule is CC1CCN(c2cccc(OC(C)C)c2N)C(C)C1. The lowest BCUT2D eigenvalue weighted by molar-refractivity contribution is 0.244. The number of hydrogen-bond donors (Lipinski definition) is 1. The first-order valence-electron chi connectivity index (χ1n) is 7.30. The Balaban J connectivity index is 2.24. The fraction of sp³-hybridized carbons (Fsp3) is 0.625. The van der Waals surface area contributed by atoms with Gasteiger partial charge in [0.1, 0.15) is 5.75 Å². The zero-order valence-electron chi connectivity index (χ0n) is 12.5. The smallest absolute Gasteiger partial charge is 0.144 e. The molecule has 1 fully saturated rings. The summed E-state index contributed by atoms with van der Waals surface area (Å²) < 4.78 is 5.78. The summed E-state index contributed by atoms with van der Waals surface area (Å²) in [5.41, 5.74) is 8.19. The summed E-state index contributed by atoms with van der Waals surface area (Å²) in [4.78, 5) is 2.42. The van der Waals surface area contributed by atoms with Gasteiger partial charge in [-0.15, -0.1) is 0 Å². The van der Waals surface area contributed by atoms with Crippen LogP contribution in [0.1, 0.15) is 40.5 Å². The van der Waals surface area contributed by atoms with Crippen molar-refractivity contribution in [3.8, 4) is 5.75 Å². The molecule has 2 N–H and O–H groups in total. The second kappa shape index (κ2) is 5.72. The summed E-state index contributed by atoms with van der Waals surface area (Å²) in [5, 5.41) is 0. The molecule has 0 spiro atoms. The number of piperidine rings is 1. The summed E-state index contributed by atoms with van der Waals surface area (Å²) in [7, 11) is 0. The number of benzene rings is 1. The normalized spacial score (nSPS) is 23.7. The fourth-order valence-corrected chi connectivity index (χ4v) is 2.90. The Kier molecular flexibility index (Phi) is 4.23. The van der Waals surface area contributed by atoms with Gasteiger partial charge in [0, 0.05) is 12.6 Å². The number of hydrogen-bond acceptors (Lipinski definition) is 3. The molecule has 2 atom stereocenters. The molecule has 0 aromatic heterocycles. The van der Waals surface area contributed by atoms with E-state index in [0.29, 0.717) is 6.04 Å². The molecule has 0 aliphatic carbocycles. The molecule has 19 heavy (non-hydrogen) atoms. The van der Waals surface area contributed by atoms with E-state index in [0.717, 1.165) is 29.6 Å². The summed E-state index contributed by atoms with van der Waals surface area (Å²) in [6.45, 7) is 9.74. The van der Waals surface area contributed by atoms with E-state index in [2.05, 4.69) is 24.8 Å². The van der Waals surface area contributed by atoms with Crippen LogP contribution in [0.25, 0.3) is 0 Å². The van der Waals surface area contributed by atoms with E-state index >= 15 is 0 Å². The topological polar surface area (TPSA) is 38.5 Å². The van der Waals surface area contributed by atoms with Crippen molar-refractivity contribution >= 4 is 11.4 Å². The van der Waals surface area contributed by atoms with Crippen molar-refractivity contribution in [3.05, 3.63) is 18.2 Å². The van der Waals surface area contributed by atoms with Crippen LogP contribution in [0.5, 0.6) is 5.75 Å². The second-order valence-electron chi connectivity index (χ2n) is 6.03. The van der Waals surface area contributed by atoms with Crippen LogP contribution in [0, 0.1) is 5.92 Å². The summed E-state index contributed by atoms with van der Waals surface area (Å²) >= 11 is 0. The minimum absolute atomic E-state index is 0.149. The lowest BCUT2D eigenvalue weighted by Gasteiger charge is -2.39. The molecular formula is C16H26N2O. The molecule has 2 unspecified atom stereocenters. The van der Waals surface area contributed by atoms with Crippen molar-refractivity contribution in [3.63, 3.8) is 0 Å². The molecule has 3 heteroatoms. The second-order valence-corrected chi connectivity index (χ2v) is 6.03. The molecule has 1 aromatic carbocycles. The van der Waals surface area contributed by atoms with Gasteiger partial charge in [-0.3, -0.25) is 0 Å². The Morgan fingerprint density at radius 1 is 1.32 bits per heavy atom. The number of para-hydroxylation sites is 1. The van der Waals surface area contributed by atoms with Crippen LogP contribution in [0.4, 0.5) is 11.4 Å². The summed E-state index contributed by atoms with van der Waals surface area (Å²) in [6.07, 6.45) is 2.62. The number of nitrogens with zero attached hydrogens (tertiary/aromatic N) is 1. The van der Waals surface area contributed by atoms with Crippen LogP contribution < -0.4 is 15.4 Å².